The Balaban J connectivity index is 2.60. The van der Waals surface area contributed by atoms with Gasteiger partial charge in [-0.15, -0.1) is 5.10 Å². The van der Waals surface area contributed by atoms with Gasteiger partial charge in [0.15, 0.2) is 0 Å². The van der Waals surface area contributed by atoms with Crippen LogP contribution in [0.5, 0.6) is 0 Å². The van der Waals surface area contributed by atoms with Crippen LogP contribution >= 0.6 is 15.9 Å². The van der Waals surface area contributed by atoms with Crippen molar-refractivity contribution in [2.24, 2.45) is 0 Å². The first-order chi connectivity index (χ1) is 6.68. The number of nitrogen functional groups attached to an aromatic ring is 2. The second-order valence-corrected chi connectivity index (χ2v) is 3.71. The summed E-state index contributed by atoms with van der Waals surface area (Å²) < 4.78 is 2.52. The molecule has 0 aliphatic rings. The molecule has 0 amide bonds. The quantitative estimate of drug-likeness (QED) is 0.814. The van der Waals surface area contributed by atoms with Crippen LogP contribution in [0.2, 0.25) is 0 Å². The lowest BCUT2D eigenvalue weighted by Crippen LogP contribution is -2.02. The van der Waals surface area contributed by atoms with Gasteiger partial charge in [0.05, 0.1) is 5.69 Å². The predicted octanol–water partition coefficient (Wildman–Crippen LogP) is 1.80. The molecule has 0 aliphatic carbocycles. The standard InChI is InChI=1S/C9H9BrN4/c10-6-3-1-2-4-7(6)14-9(12)5-8(11)13-14/h1-5H,12H2,(H2,11,13). The first-order valence-electron chi connectivity index (χ1n) is 4.04. The molecule has 0 unspecified atom stereocenters. The van der Waals surface area contributed by atoms with Crippen molar-refractivity contribution in [2.45, 2.75) is 0 Å². The SMILES string of the molecule is Nc1cc(N)n(-c2ccccc2Br)n1. The Bertz CT molecular complexity index is 464. The zero-order chi connectivity index (χ0) is 10.1. The molecule has 2 aromatic rings. The molecule has 0 saturated carbocycles. The molecule has 5 heteroatoms. The maximum Gasteiger partial charge on any atom is 0.148 e. The third-order valence-electron chi connectivity index (χ3n) is 1.84. The molecule has 0 spiro atoms. The summed E-state index contributed by atoms with van der Waals surface area (Å²) in [5.74, 6) is 0.938. The van der Waals surface area contributed by atoms with Crippen LogP contribution in [-0.4, -0.2) is 9.78 Å². The summed E-state index contributed by atoms with van der Waals surface area (Å²) in [5.41, 5.74) is 12.2. The lowest BCUT2D eigenvalue weighted by atomic mass is 10.3. The van der Waals surface area contributed by atoms with Crippen molar-refractivity contribution in [1.82, 2.24) is 9.78 Å². The molecule has 14 heavy (non-hydrogen) atoms. The van der Waals surface area contributed by atoms with Crippen molar-refractivity contribution in [2.75, 3.05) is 11.5 Å². The number of anilines is 2. The van der Waals surface area contributed by atoms with Gasteiger partial charge in [-0.05, 0) is 28.1 Å². The molecule has 72 valence electrons. The Hall–Kier alpha value is -1.49. The highest BCUT2D eigenvalue weighted by molar-refractivity contribution is 9.10. The number of rotatable bonds is 1. The average molecular weight is 253 g/mol. The van der Waals surface area contributed by atoms with Crippen LogP contribution in [-0.2, 0) is 0 Å². The highest BCUT2D eigenvalue weighted by Gasteiger charge is 2.06. The Kier molecular flexibility index (Phi) is 2.17. The summed E-state index contributed by atoms with van der Waals surface area (Å²) in [6, 6.07) is 9.30. The monoisotopic (exact) mass is 252 g/mol. The van der Waals surface area contributed by atoms with Gasteiger partial charge < -0.3 is 11.5 Å². The van der Waals surface area contributed by atoms with Gasteiger partial charge in [-0.3, -0.25) is 0 Å². The molecule has 1 aromatic carbocycles. The van der Waals surface area contributed by atoms with Gasteiger partial charge in [0, 0.05) is 10.5 Å². The van der Waals surface area contributed by atoms with Crippen LogP contribution in [0, 0.1) is 0 Å². The van der Waals surface area contributed by atoms with Crippen LogP contribution < -0.4 is 11.5 Å². The summed E-state index contributed by atoms with van der Waals surface area (Å²) in [7, 11) is 0. The highest BCUT2D eigenvalue weighted by atomic mass is 79.9. The van der Waals surface area contributed by atoms with Crippen LogP contribution in [0.1, 0.15) is 0 Å². The van der Waals surface area contributed by atoms with E-state index in [4.69, 9.17) is 11.5 Å². The first kappa shape index (κ1) is 9.08. The zero-order valence-corrected chi connectivity index (χ0v) is 8.90. The lowest BCUT2D eigenvalue weighted by Gasteiger charge is -2.05. The summed E-state index contributed by atoms with van der Waals surface area (Å²) in [6.07, 6.45) is 0. The molecule has 1 aromatic heterocycles. The molecule has 0 atom stereocenters. The van der Waals surface area contributed by atoms with Crippen LogP contribution in [0.4, 0.5) is 11.6 Å². The Morgan fingerprint density at radius 2 is 1.93 bits per heavy atom. The summed E-state index contributed by atoms with van der Waals surface area (Å²) in [4.78, 5) is 0. The van der Waals surface area contributed by atoms with Crippen molar-refractivity contribution in [1.29, 1.82) is 0 Å². The van der Waals surface area contributed by atoms with Crippen molar-refractivity contribution >= 4 is 27.6 Å². The van der Waals surface area contributed by atoms with E-state index in [-0.39, 0.29) is 0 Å². The Morgan fingerprint density at radius 3 is 2.50 bits per heavy atom. The minimum atomic E-state index is 0.415. The number of nitrogens with zero attached hydrogens (tertiary/aromatic N) is 2. The van der Waals surface area contributed by atoms with Crippen LogP contribution in [0.3, 0.4) is 0 Å². The van der Waals surface area contributed by atoms with E-state index < -0.39 is 0 Å². The van der Waals surface area contributed by atoms with E-state index in [1.165, 1.54) is 0 Å². The number of hydrogen-bond acceptors (Lipinski definition) is 3. The third-order valence-corrected chi connectivity index (χ3v) is 2.51. The number of benzene rings is 1. The van der Waals surface area contributed by atoms with Crippen molar-refractivity contribution in [3.63, 3.8) is 0 Å². The topological polar surface area (TPSA) is 69.9 Å². The smallest absolute Gasteiger partial charge is 0.148 e. The largest absolute Gasteiger partial charge is 0.384 e. The fourth-order valence-electron chi connectivity index (χ4n) is 1.23. The predicted molar refractivity (Wildman–Crippen MR) is 60.1 cm³/mol. The van der Waals surface area contributed by atoms with Gasteiger partial charge in [-0.2, -0.15) is 0 Å². The highest BCUT2D eigenvalue weighted by Crippen LogP contribution is 2.23. The molecule has 4 N–H and O–H groups in total. The molecule has 0 fully saturated rings. The van der Waals surface area contributed by atoms with E-state index >= 15 is 0 Å². The van der Waals surface area contributed by atoms with Crippen molar-refractivity contribution in [3.05, 3.63) is 34.8 Å². The maximum absolute atomic E-state index is 5.74. The number of para-hydroxylation sites is 1. The minimum absolute atomic E-state index is 0.415. The summed E-state index contributed by atoms with van der Waals surface area (Å²) >= 11 is 3.42. The number of halogens is 1. The zero-order valence-electron chi connectivity index (χ0n) is 7.31. The average Bonchev–Trinajstić information content (AvgIpc) is 2.46. The minimum Gasteiger partial charge on any atom is -0.384 e. The lowest BCUT2D eigenvalue weighted by molar-refractivity contribution is 0.892. The molecule has 2 rings (SSSR count). The fourth-order valence-corrected chi connectivity index (χ4v) is 1.68. The van der Waals surface area contributed by atoms with E-state index in [1.807, 2.05) is 24.3 Å². The van der Waals surface area contributed by atoms with E-state index in [2.05, 4.69) is 21.0 Å². The fraction of sp³-hybridized carbons (Fsp3) is 0. The first-order valence-corrected chi connectivity index (χ1v) is 4.83. The molecular formula is C9H9BrN4. The third kappa shape index (κ3) is 1.46. The Morgan fingerprint density at radius 1 is 1.21 bits per heavy atom. The van der Waals surface area contributed by atoms with Gasteiger partial charge in [0.2, 0.25) is 0 Å². The van der Waals surface area contributed by atoms with Gasteiger partial charge in [-0.25, -0.2) is 4.68 Å². The maximum atomic E-state index is 5.74. The van der Waals surface area contributed by atoms with Gasteiger partial charge in [0.25, 0.3) is 0 Å². The van der Waals surface area contributed by atoms with Crippen molar-refractivity contribution < 1.29 is 0 Å². The van der Waals surface area contributed by atoms with E-state index in [0.29, 0.717) is 11.6 Å². The van der Waals surface area contributed by atoms with Gasteiger partial charge in [0.1, 0.15) is 11.6 Å². The van der Waals surface area contributed by atoms with Gasteiger partial charge >= 0.3 is 0 Å². The molecule has 1 heterocycles. The van der Waals surface area contributed by atoms with Crippen molar-refractivity contribution in [3.8, 4) is 5.69 Å². The molecule has 0 aliphatic heterocycles. The normalized spacial score (nSPS) is 10.4. The van der Waals surface area contributed by atoms with Crippen LogP contribution in [0.15, 0.2) is 34.8 Å². The van der Waals surface area contributed by atoms with E-state index in [9.17, 15) is 0 Å². The number of aromatic nitrogens is 2. The van der Waals surface area contributed by atoms with E-state index in [1.54, 1.807) is 10.7 Å². The molecular weight excluding hydrogens is 244 g/mol. The molecule has 0 radical (unpaired) electrons. The molecule has 0 saturated heterocycles. The number of hydrogen-bond donors (Lipinski definition) is 2. The summed E-state index contributed by atoms with van der Waals surface area (Å²) in [6.45, 7) is 0. The van der Waals surface area contributed by atoms with E-state index in [0.717, 1.165) is 10.2 Å². The van der Waals surface area contributed by atoms with Crippen LogP contribution in [0.25, 0.3) is 5.69 Å². The summed E-state index contributed by atoms with van der Waals surface area (Å²) in [5, 5.41) is 4.08. The number of nitrogens with two attached hydrogens (primary N) is 2. The molecule has 0 bridgehead atoms. The van der Waals surface area contributed by atoms with Gasteiger partial charge in [-0.1, -0.05) is 12.1 Å². The Labute approximate surface area is 89.6 Å². The second kappa shape index (κ2) is 3.34. The molecule has 4 nitrogen and oxygen atoms in total. The second-order valence-electron chi connectivity index (χ2n) is 2.86.